The number of carbonyl (C=O) groups is 1. The average molecular weight is 226 g/mol. The summed E-state index contributed by atoms with van der Waals surface area (Å²) in [6.45, 7) is 1.97. The van der Waals surface area contributed by atoms with Gasteiger partial charge in [-0.2, -0.15) is 0 Å². The molecule has 0 amide bonds. The summed E-state index contributed by atoms with van der Waals surface area (Å²) in [6, 6.07) is 5.63. The molecule has 15 heavy (non-hydrogen) atoms. The lowest BCUT2D eigenvalue weighted by Gasteiger charge is -2.08. The molecular formula is C11H12ClNO2. The molecule has 0 bridgehead atoms. The summed E-state index contributed by atoms with van der Waals surface area (Å²) < 4.78 is 0. The molecule has 0 radical (unpaired) electrons. The maximum Gasteiger partial charge on any atom is 0.308 e. The van der Waals surface area contributed by atoms with Crippen LogP contribution in [0.15, 0.2) is 18.2 Å². The van der Waals surface area contributed by atoms with Gasteiger partial charge in [-0.3, -0.25) is 4.79 Å². The van der Waals surface area contributed by atoms with Crippen LogP contribution in [0.25, 0.3) is 0 Å². The number of halogens is 1. The van der Waals surface area contributed by atoms with Crippen LogP contribution in [0.5, 0.6) is 0 Å². The summed E-state index contributed by atoms with van der Waals surface area (Å²) in [6.07, 6.45) is 0.696. The van der Waals surface area contributed by atoms with Crippen molar-refractivity contribution in [3.05, 3.63) is 28.8 Å². The molecule has 1 aliphatic rings. The molecule has 0 heterocycles. The van der Waals surface area contributed by atoms with E-state index in [1.54, 1.807) is 0 Å². The fourth-order valence-electron chi connectivity index (χ4n) is 1.58. The van der Waals surface area contributed by atoms with Crippen molar-refractivity contribution in [1.82, 2.24) is 0 Å². The van der Waals surface area contributed by atoms with Gasteiger partial charge in [0, 0.05) is 16.8 Å². The van der Waals surface area contributed by atoms with E-state index >= 15 is 0 Å². The van der Waals surface area contributed by atoms with E-state index in [4.69, 9.17) is 16.7 Å². The lowest BCUT2D eigenvalue weighted by atomic mass is 10.2. The van der Waals surface area contributed by atoms with Gasteiger partial charge >= 0.3 is 5.97 Å². The maximum absolute atomic E-state index is 10.6. The summed E-state index contributed by atoms with van der Waals surface area (Å²) in [5.41, 5.74) is 2.01. The van der Waals surface area contributed by atoms with Crippen LogP contribution in [-0.4, -0.2) is 17.1 Å². The zero-order valence-corrected chi connectivity index (χ0v) is 9.08. The van der Waals surface area contributed by atoms with Crippen LogP contribution in [0.3, 0.4) is 0 Å². The maximum atomic E-state index is 10.6. The molecule has 1 fully saturated rings. The molecule has 1 aromatic rings. The van der Waals surface area contributed by atoms with E-state index in [0.717, 1.165) is 11.3 Å². The second kappa shape index (κ2) is 3.74. The molecule has 0 aromatic heterocycles. The molecule has 80 valence electrons. The summed E-state index contributed by atoms with van der Waals surface area (Å²) in [7, 11) is 0. The number of hydrogen-bond acceptors (Lipinski definition) is 2. The van der Waals surface area contributed by atoms with Gasteiger partial charge in [-0.25, -0.2) is 0 Å². The Hall–Kier alpha value is -1.22. The third-order valence-corrected chi connectivity index (χ3v) is 2.88. The Morgan fingerprint density at radius 1 is 1.60 bits per heavy atom. The van der Waals surface area contributed by atoms with Crippen LogP contribution in [0.1, 0.15) is 12.0 Å². The van der Waals surface area contributed by atoms with Crippen LogP contribution in [0, 0.1) is 12.8 Å². The van der Waals surface area contributed by atoms with Gasteiger partial charge in [-0.15, -0.1) is 0 Å². The third kappa shape index (κ3) is 2.23. The van der Waals surface area contributed by atoms with Gasteiger partial charge in [0.1, 0.15) is 0 Å². The van der Waals surface area contributed by atoms with E-state index in [1.807, 2.05) is 25.1 Å². The van der Waals surface area contributed by atoms with E-state index in [1.165, 1.54) is 0 Å². The topological polar surface area (TPSA) is 49.3 Å². The smallest absolute Gasteiger partial charge is 0.308 e. The van der Waals surface area contributed by atoms with Crippen molar-refractivity contribution in [3.63, 3.8) is 0 Å². The molecule has 4 heteroatoms. The predicted molar refractivity (Wildman–Crippen MR) is 59.3 cm³/mol. The van der Waals surface area contributed by atoms with E-state index in [9.17, 15) is 4.79 Å². The van der Waals surface area contributed by atoms with Crippen molar-refractivity contribution in [2.75, 3.05) is 5.32 Å². The quantitative estimate of drug-likeness (QED) is 0.831. The van der Waals surface area contributed by atoms with Gasteiger partial charge in [0.15, 0.2) is 0 Å². The summed E-state index contributed by atoms with van der Waals surface area (Å²) in [5.74, 6) is -0.976. The minimum atomic E-state index is -0.729. The highest BCUT2D eigenvalue weighted by Gasteiger charge is 2.43. The number of hydrogen-bond donors (Lipinski definition) is 2. The number of benzene rings is 1. The zero-order chi connectivity index (χ0) is 11.0. The highest BCUT2D eigenvalue weighted by Crippen LogP contribution is 2.35. The molecule has 1 aromatic carbocycles. The Bertz CT molecular complexity index is 406. The van der Waals surface area contributed by atoms with Gasteiger partial charge in [0.05, 0.1) is 5.92 Å². The normalized spacial score (nSPS) is 23.6. The number of aliphatic carboxylic acids is 1. The number of carboxylic acids is 1. The fourth-order valence-corrected chi connectivity index (χ4v) is 1.75. The number of aryl methyl sites for hydroxylation is 1. The number of carboxylic acid groups (broad SMARTS) is 1. The summed E-state index contributed by atoms with van der Waals surface area (Å²) >= 11 is 5.86. The Kier molecular flexibility index (Phi) is 2.57. The zero-order valence-electron chi connectivity index (χ0n) is 8.33. The first-order valence-corrected chi connectivity index (χ1v) is 5.21. The molecule has 0 spiro atoms. The minimum absolute atomic E-state index is 0.0552. The summed E-state index contributed by atoms with van der Waals surface area (Å²) in [4.78, 5) is 10.6. The number of nitrogens with one attached hydrogen (secondary N) is 1. The molecule has 2 atom stereocenters. The molecule has 2 N–H and O–H groups in total. The Labute approximate surface area is 93.1 Å². The average Bonchev–Trinajstić information content (AvgIpc) is 2.91. The molecule has 2 unspecified atom stereocenters. The van der Waals surface area contributed by atoms with Crippen LogP contribution in [0.4, 0.5) is 5.69 Å². The first-order chi connectivity index (χ1) is 7.08. The van der Waals surface area contributed by atoms with Gasteiger partial charge < -0.3 is 10.4 Å². The highest BCUT2D eigenvalue weighted by atomic mass is 35.5. The molecule has 0 aliphatic heterocycles. The number of anilines is 1. The molecule has 0 saturated heterocycles. The van der Waals surface area contributed by atoms with E-state index in [-0.39, 0.29) is 12.0 Å². The SMILES string of the molecule is Cc1ccc(Cl)cc1NC1CC1C(=O)O. The standard InChI is InChI=1S/C11H12ClNO2/c1-6-2-3-7(12)4-9(6)13-10-5-8(10)11(14)15/h2-4,8,10,13H,5H2,1H3,(H,14,15). The van der Waals surface area contributed by atoms with Crippen molar-refractivity contribution < 1.29 is 9.90 Å². The monoisotopic (exact) mass is 225 g/mol. The molecule has 3 nitrogen and oxygen atoms in total. The van der Waals surface area contributed by atoms with Crippen molar-refractivity contribution >= 4 is 23.3 Å². The first-order valence-electron chi connectivity index (χ1n) is 4.83. The summed E-state index contributed by atoms with van der Waals surface area (Å²) in [5, 5.41) is 12.6. The molecule has 1 saturated carbocycles. The molecule has 2 rings (SSSR count). The minimum Gasteiger partial charge on any atom is -0.481 e. The first kappa shape index (κ1) is 10.3. The largest absolute Gasteiger partial charge is 0.481 e. The van der Waals surface area contributed by atoms with Gasteiger partial charge in [-0.1, -0.05) is 17.7 Å². The fraction of sp³-hybridized carbons (Fsp3) is 0.364. The van der Waals surface area contributed by atoms with Crippen LogP contribution >= 0.6 is 11.6 Å². The van der Waals surface area contributed by atoms with Gasteiger partial charge in [0.25, 0.3) is 0 Å². The Morgan fingerprint density at radius 3 is 2.93 bits per heavy atom. The Morgan fingerprint density at radius 2 is 2.33 bits per heavy atom. The molecule has 1 aliphatic carbocycles. The molecular weight excluding hydrogens is 214 g/mol. The van der Waals surface area contributed by atoms with Gasteiger partial charge in [0.2, 0.25) is 0 Å². The highest BCUT2D eigenvalue weighted by molar-refractivity contribution is 6.30. The second-order valence-electron chi connectivity index (χ2n) is 3.89. The predicted octanol–water partition coefficient (Wildman–Crippen LogP) is 2.53. The third-order valence-electron chi connectivity index (χ3n) is 2.65. The number of rotatable bonds is 3. The van der Waals surface area contributed by atoms with E-state index in [2.05, 4.69) is 5.32 Å². The van der Waals surface area contributed by atoms with E-state index in [0.29, 0.717) is 11.4 Å². The lowest BCUT2D eigenvalue weighted by Crippen LogP contribution is -2.10. The Balaban J connectivity index is 2.06. The van der Waals surface area contributed by atoms with Crippen molar-refractivity contribution in [2.24, 2.45) is 5.92 Å². The van der Waals surface area contributed by atoms with Crippen molar-refractivity contribution in [3.8, 4) is 0 Å². The van der Waals surface area contributed by atoms with Crippen molar-refractivity contribution in [1.29, 1.82) is 0 Å². The second-order valence-corrected chi connectivity index (χ2v) is 4.33. The lowest BCUT2D eigenvalue weighted by molar-refractivity contribution is -0.138. The van der Waals surface area contributed by atoms with Crippen LogP contribution in [0.2, 0.25) is 5.02 Å². The van der Waals surface area contributed by atoms with Crippen molar-refractivity contribution in [2.45, 2.75) is 19.4 Å². The van der Waals surface area contributed by atoms with E-state index < -0.39 is 5.97 Å². The van der Waals surface area contributed by atoms with Crippen LogP contribution < -0.4 is 5.32 Å². The van der Waals surface area contributed by atoms with Gasteiger partial charge in [-0.05, 0) is 31.0 Å². The van der Waals surface area contributed by atoms with Crippen LogP contribution in [-0.2, 0) is 4.79 Å².